The van der Waals surface area contributed by atoms with E-state index in [1.54, 1.807) is 12.1 Å². The monoisotopic (exact) mass is 381 g/mol. The van der Waals surface area contributed by atoms with E-state index in [2.05, 4.69) is 27.0 Å². The molecule has 2 N–H and O–H groups in total. The van der Waals surface area contributed by atoms with E-state index in [0.29, 0.717) is 11.3 Å². The number of nitrogens with zero attached hydrogens (tertiary/aromatic N) is 2. The molecular weight excluding hydrogens is 369 g/mol. The molecule has 0 saturated heterocycles. The number of halogens is 2. The lowest BCUT2D eigenvalue weighted by Gasteiger charge is -2.15. The normalized spacial score (nSPS) is 10.4. The summed E-state index contributed by atoms with van der Waals surface area (Å²) in [6, 6.07) is 15.9. The van der Waals surface area contributed by atoms with E-state index in [0.717, 1.165) is 26.7 Å². The van der Waals surface area contributed by atoms with Crippen LogP contribution in [0.2, 0.25) is 0 Å². The highest BCUT2D eigenvalue weighted by Crippen LogP contribution is 2.36. The summed E-state index contributed by atoms with van der Waals surface area (Å²) in [6.45, 7) is 1.89. The van der Waals surface area contributed by atoms with Crippen LogP contribution in [0.1, 0.15) is 11.1 Å². The minimum absolute atomic E-state index is 0.164. The smallest absolute Gasteiger partial charge is 0.142 e. The zero-order valence-electron chi connectivity index (χ0n) is 12.8. The van der Waals surface area contributed by atoms with Gasteiger partial charge >= 0.3 is 0 Å². The third kappa shape index (κ3) is 2.89. The molecule has 0 unspecified atom stereocenters. The predicted octanol–water partition coefficient (Wildman–Crippen LogP) is 5.08. The molecule has 0 aliphatic rings. The molecule has 3 rings (SSSR count). The molecular formula is C19H13BrFN3. The number of hydrogen-bond acceptors (Lipinski definition) is 3. The van der Waals surface area contributed by atoms with Gasteiger partial charge in [0.15, 0.2) is 0 Å². The average molecular weight is 382 g/mol. The van der Waals surface area contributed by atoms with Crippen LogP contribution in [0.25, 0.3) is 22.4 Å². The van der Waals surface area contributed by atoms with Gasteiger partial charge in [0.2, 0.25) is 0 Å². The Morgan fingerprint density at radius 3 is 2.46 bits per heavy atom. The van der Waals surface area contributed by atoms with E-state index < -0.39 is 0 Å². The van der Waals surface area contributed by atoms with Crippen LogP contribution in [-0.2, 0) is 0 Å². The maximum Gasteiger partial charge on any atom is 0.142 e. The van der Waals surface area contributed by atoms with Crippen molar-refractivity contribution >= 4 is 21.7 Å². The molecule has 24 heavy (non-hydrogen) atoms. The fourth-order valence-corrected chi connectivity index (χ4v) is 3.10. The maximum absolute atomic E-state index is 13.2. The number of nitrogen functional groups attached to an aromatic ring is 1. The Bertz CT molecular complexity index is 960. The van der Waals surface area contributed by atoms with Crippen LogP contribution in [0.4, 0.5) is 10.2 Å². The van der Waals surface area contributed by atoms with E-state index in [9.17, 15) is 9.65 Å². The molecule has 0 fully saturated rings. The first-order valence-corrected chi connectivity index (χ1v) is 8.02. The van der Waals surface area contributed by atoms with Gasteiger partial charge in [-0.15, -0.1) is 0 Å². The van der Waals surface area contributed by atoms with Crippen LogP contribution in [0.5, 0.6) is 0 Å². The molecule has 2 aromatic carbocycles. The molecule has 1 heterocycles. The standard InChI is InChI=1S/C19H13BrFN3/c1-11-17(13-3-2-4-14(20)9-13)16(10-22)19(23)24-18(11)12-5-7-15(21)8-6-12/h2-9H,1H3,(H2,23,24). The van der Waals surface area contributed by atoms with Crippen LogP contribution >= 0.6 is 15.9 Å². The Kier molecular flexibility index (Phi) is 4.32. The molecule has 0 aliphatic carbocycles. The van der Waals surface area contributed by atoms with Crippen molar-refractivity contribution in [3.8, 4) is 28.5 Å². The van der Waals surface area contributed by atoms with Gasteiger partial charge in [-0.3, -0.25) is 0 Å². The molecule has 0 atom stereocenters. The molecule has 0 aliphatic heterocycles. The number of pyridine rings is 1. The van der Waals surface area contributed by atoms with Gasteiger partial charge in [-0.1, -0.05) is 28.1 Å². The molecule has 0 saturated carbocycles. The van der Waals surface area contributed by atoms with Gasteiger partial charge in [0.05, 0.1) is 5.69 Å². The number of nitriles is 1. The lowest BCUT2D eigenvalue weighted by Crippen LogP contribution is -2.03. The quantitative estimate of drug-likeness (QED) is 0.672. The van der Waals surface area contributed by atoms with Crippen molar-refractivity contribution in [3.63, 3.8) is 0 Å². The lowest BCUT2D eigenvalue weighted by atomic mass is 9.93. The molecule has 3 aromatic rings. The second-order valence-corrected chi connectivity index (χ2v) is 6.27. The second-order valence-electron chi connectivity index (χ2n) is 5.35. The third-order valence-corrected chi connectivity index (χ3v) is 4.30. The Morgan fingerprint density at radius 2 is 1.83 bits per heavy atom. The zero-order chi connectivity index (χ0) is 17.3. The molecule has 3 nitrogen and oxygen atoms in total. The van der Waals surface area contributed by atoms with Crippen molar-refractivity contribution < 1.29 is 4.39 Å². The summed E-state index contributed by atoms with van der Waals surface area (Å²) in [6.07, 6.45) is 0. The molecule has 118 valence electrons. The first-order chi connectivity index (χ1) is 11.5. The minimum Gasteiger partial charge on any atom is -0.383 e. The summed E-state index contributed by atoms with van der Waals surface area (Å²) >= 11 is 3.45. The summed E-state index contributed by atoms with van der Waals surface area (Å²) in [5.41, 5.74) is 10.2. The number of aromatic nitrogens is 1. The van der Waals surface area contributed by atoms with Gasteiger partial charge in [-0.2, -0.15) is 5.26 Å². The molecule has 0 bridgehead atoms. The van der Waals surface area contributed by atoms with Gasteiger partial charge in [-0.05, 0) is 54.4 Å². The summed E-state index contributed by atoms with van der Waals surface area (Å²) in [7, 11) is 0. The van der Waals surface area contributed by atoms with Crippen molar-refractivity contribution in [2.75, 3.05) is 5.73 Å². The molecule has 1 aromatic heterocycles. The zero-order valence-corrected chi connectivity index (χ0v) is 14.4. The van der Waals surface area contributed by atoms with Crippen molar-refractivity contribution in [1.29, 1.82) is 5.26 Å². The summed E-state index contributed by atoms with van der Waals surface area (Å²) in [5, 5.41) is 9.52. The molecule has 0 radical (unpaired) electrons. The first-order valence-electron chi connectivity index (χ1n) is 7.23. The number of anilines is 1. The highest BCUT2D eigenvalue weighted by Gasteiger charge is 2.18. The van der Waals surface area contributed by atoms with Gasteiger partial charge in [0.25, 0.3) is 0 Å². The predicted molar refractivity (Wildman–Crippen MR) is 96.6 cm³/mol. The summed E-state index contributed by atoms with van der Waals surface area (Å²) in [4.78, 5) is 4.37. The van der Waals surface area contributed by atoms with Crippen molar-refractivity contribution in [1.82, 2.24) is 4.98 Å². The average Bonchev–Trinajstić information content (AvgIpc) is 2.57. The second kappa shape index (κ2) is 6.42. The Labute approximate surface area is 147 Å². The van der Waals surface area contributed by atoms with Crippen LogP contribution in [0.15, 0.2) is 53.0 Å². The molecule has 0 spiro atoms. The molecule has 5 heteroatoms. The van der Waals surface area contributed by atoms with Crippen molar-refractivity contribution in [2.24, 2.45) is 0 Å². The van der Waals surface area contributed by atoms with Gasteiger partial charge in [-0.25, -0.2) is 9.37 Å². The minimum atomic E-state index is -0.315. The van der Waals surface area contributed by atoms with Crippen LogP contribution in [0.3, 0.4) is 0 Å². The fourth-order valence-electron chi connectivity index (χ4n) is 2.70. The number of benzene rings is 2. The van der Waals surface area contributed by atoms with Crippen LogP contribution in [0, 0.1) is 24.1 Å². The highest BCUT2D eigenvalue weighted by molar-refractivity contribution is 9.10. The number of rotatable bonds is 2. The van der Waals surface area contributed by atoms with E-state index >= 15 is 0 Å². The van der Waals surface area contributed by atoms with Gasteiger partial charge in [0, 0.05) is 15.6 Å². The van der Waals surface area contributed by atoms with Crippen LogP contribution in [-0.4, -0.2) is 4.98 Å². The van der Waals surface area contributed by atoms with E-state index in [1.165, 1.54) is 12.1 Å². The Hall–Kier alpha value is -2.71. The van der Waals surface area contributed by atoms with Gasteiger partial charge in [0.1, 0.15) is 23.3 Å². The SMILES string of the molecule is Cc1c(-c2ccc(F)cc2)nc(N)c(C#N)c1-c1cccc(Br)c1. The van der Waals surface area contributed by atoms with Crippen molar-refractivity contribution in [3.05, 3.63) is 69.9 Å². The Morgan fingerprint density at radius 1 is 1.12 bits per heavy atom. The summed E-state index contributed by atoms with van der Waals surface area (Å²) < 4.78 is 14.1. The van der Waals surface area contributed by atoms with E-state index in [-0.39, 0.29) is 11.6 Å². The van der Waals surface area contributed by atoms with Crippen molar-refractivity contribution in [2.45, 2.75) is 6.92 Å². The highest BCUT2D eigenvalue weighted by atomic mass is 79.9. The van der Waals surface area contributed by atoms with Crippen LogP contribution < -0.4 is 5.73 Å². The topological polar surface area (TPSA) is 62.7 Å². The Balaban J connectivity index is 2.32. The first kappa shape index (κ1) is 16.2. The molecule has 0 amide bonds. The fraction of sp³-hybridized carbons (Fsp3) is 0.0526. The van der Waals surface area contributed by atoms with E-state index in [1.807, 2.05) is 31.2 Å². The van der Waals surface area contributed by atoms with E-state index in [4.69, 9.17) is 5.73 Å². The largest absolute Gasteiger partial charge is 0.383 e. The number of hydrogen-bond donors (Lipinski definition) is 1. The van der Waals surface area contributed by atoms with Gasteiger partial charge < -0.3 is 5.73 Å². The maximum atomic E-state index is 13.2. The third-order valence-electron chi connectivity index (χ3n) is 3.81. The summed E-state index contributed by atoms with van der Waals surface area (Å²) in [5.74, 6) is -0.150. The lowest BCUT2D eigenvalue weighted by molar-refractivity contribution is 0.628. The number of nitrogens with two attached hydrogens (primary N) is 1.